The van der Waals surface area contributed by atoms with Gasteiger partial charge in [0, 0.05) is 17.4 Å². The topological polar surface area (TPSA) is 77.5 Å². The number of cyclic esters (lactones) is 1. The average molecular weight is 398 g/mol. The largest absolute Gasteiger partial charge is 0.494 e. The van der Waals surface area contributed by atoms with Crippen molar-refractivity contribution in [2.45, 2.75) is 12.5 Å². The van der Waals surface area contributed by atoms with Gasteiger partial charge in [0.25, 0.3) is 5.91 Å². The van der Waals surface area contributed by atoms with Crippen LogP contribution < -0.4 is 10.1 Å². The highest BCUT2D eigenvalue weighted by molar-refractivity contribution is 7.14. The van der Waals surface area contributed by atoms with Crippen molar-refractivity contribution in [1.29, 1.82) is 0 Å². The van der Waals surface area contributed by atoms with E-state index in [0.717, 1.165) is 5.56 Å². The van der Waals surface area contributed by atoms with E-state index in [1.807, 2.05) is 6.07 Å². The molecule has 6 nitrogen and oxygen atoms in total. The molecule has 0 saturated carbocycles. The number of rotatable bonds is 4. The molecule has 1 atom stereocenters. The van der Waals surface area contributed by atoms with E-state index in [9.17, 15) is 14.0 Å². The van der Waals surface area contributed by atoms with Crippen LogP contribution in [0.15, 0.2) is 47.8 Å². The van der Waals surface area contributed by atoms with Crippen molar-refractivity contribution in [2.24, 2.45) is 0 Å². The summed E-state index contributed by atoms with van der Waals surface area (Å²) in [5, 5.41) is 4.71. The molecule has 0 spiro atoms. The van der Waals surface area contributed by atoms with E-state index in [1.165, 1.54) is 30.6 Å². The van der Waals surface area contributed by atoms with Gasteiger partial charge >= 0.3 is 5.97 Å². The van der Waals surface area contributed by atoms with E-state index in [1.54, 1.807) is 29.6 Å². The van der Waals surface area contributed by atoms with E-state index >= 15 is 0 Å². The Kier molecular flexibility index (Phi) is 4.79. The van der Waals surface area contributed by atoms with Gasteiger partial charge in [0.1, 0.15) is 0 Å². The molecule has 4 rings (SSSR count). The van der Waals surface area contributed by atoms with Crippen molar-refractivity contribution < 1.29 is 23.5 Å². The van der Waals surface area contributed by atoms with Gasteiger partial charge in [-0.25, -0.2) is 14.2 Å². The van der Waals surface area contributed by atoms with Crippen molar-refractivity contribution >= 4 is 28.3 Å². The first-order valence-electron chi connectivity index (χ1n) is 8.44. The normalized spacial score (nSPS) is 15.5. The molecule has 0 fully saturated rings. The van der Waals surface area contributed by atoms with E-state index in [0.29, 0.717) is 28.4 Å². The monoisotopic (exact) mass is 398 g/mol. The lowest BCUT2D eigenvalue weighted by Gasteiger charge is -2.23. The molecule has 1 N–H and O–H groups in total. The second-order valence-electron chi connectivity index (χ2n) is 6.13. The third-order valence-corrected chi connectivity index (χ3v) is 5.12. The zero-order valence-corrected chi connectivity index (χ0v) is 15.6. The lowest BCUT2D eigenvalue weighted by molar-refractivity contribution is -0.125. The maximum absolute atomic E-state index is 13.9. The number of hydrogen-bond donors (Lipinski definition) is 1. The lowest BCUT2D eigenvalue weighted by Crippen LogP contribution is -2.37. The van der Waals surface area contributed by atoms with E-state index < -0.39 is 23.8 Å². The van der Waals surface area contributed by atoms with E-state index in [2.05, 4.69) is 10.3 Å². The zero-order valence-electron chi connectivity index (χ0n) is 14.8. The molecule has 8 heteroatoms. The summed E-state index contributed by atoms with van der Waals surface area (Å²) in [6.07, 6.45) is -0.622. The molecular formula is C20H15FN2O4S. The number of esters is 1. The third-order valence-electron chi connectivity index (χ3n) is 4.37. The molecule has 1 amide bonds. The number of thiazole rings is 1. The molecule has 0 aliphatic carbocycles. The van der Waals surface area contributed by atoms with Crippen LogP contribution in [-0.2, 0) is 16.0 Å². The van der Waals surface area contributed by atoms with Crippen LogP contribution >= 0.6 is 11.3 Å². The minimum absolute atomic E-state index is 0.145. The highest BCUT2D eigenvalue weighted by Crippen LogP contribution is 2.29. The zero-order chi connectivity index (χ0) is 19.7. The molecule has 2 heterocycles. The van der Waals surface area contributed by atoms with Gasteiger partial charge in [0.2, 0.25) is 0 Å². The molecular weight excluding hydrogens is 383 g/mol. The third kappa shape index (κ3) is 3.46. The highest BCUT2D eigenvalue weighted by atomic mass is 32.1. The van der Waals surface area contributed by atoms with E-state index in [4.69, 9.17) is 9.47 Å². The summed E-state index contributed by atoms with van der Waals surface area (Å²) < 4.78 is 24.0. The van der Waals surface area contributed by atoms with Gasteiger partial charge in [0.15, 0.2) is 22.8 Å². The fourth-order valence-electron chi connectivity index (χ4n) is 2.95. The molecule has 142 valence electrons. The number of nitrogens with zero attached hydrogens (tertiary/aromatic N) is 1. The highest BCUT2D eigenvalue weighted by Gasteiger charge is 2.31. The SMILES string of the molecule is COc1ccc(-c2csc(NC(=O)[C@H]3Cc4ccccc4C(=O)O3)n2)cc1F. The van der Waals surface area contributed by atoms with Crippen molar-refractivity contribution in [3.8, 4) is 17.0 Å². The van der Waals surface area contributed by atoms with Gasteiger partial charge in [-0.3, -0.25) is 10.1 Å². The van der Waals surface area contributed by atoms with Crippen LogP contribution in [0.2, 0.25) is 0 Å². The van der Waals surface area contributed by atoms with Crippen molar-refractivity contribution in [3.05, 3.63) is 64.8 Å². The van der Waals surface area contributed by atoms with Gasteiger partial charge < -0.3 is 9.47 Å². The standard InChI is InChI=1S/C20H15FN2O4S/c1-26-16-7-6-12(8-14(16)21)15-10-28-20(22-15)23-18(24)17-9-11-4-2-3-5-13(11)19(25)27-17/h2-8,10,17H,9H2,1H3,(H,22,23,24)/t17-/m1/s1. The molecule has 2 aromatic carbocycles. The summed E-state index contributed by atoms with van der Waals surface area (Å²) in [5.74, 6) is -1.32. The fraction of sp³-hybridized carbons (Fsp3) is 0.150. The number of methoxy groups -OCH3 is 1. The van der Waals surface area contributed by atoms with Crippen LogP contribution in [0, 0.1) is 5.82 Å². The summed E-state index contributed by atoms with van der Waals surface area (Å²) in [6.45, 7) is 0. The number of halogens is 1. The number of aromatic nitrogens is 1. The molecule has 0 bridgehead atoms. The summed E-state index contributed by atoms with van der Waals surface area (Å²) in [5.41, 5.74) is 2.33. The fourth-order valence-corrected chi connectivity index (χ4v) is 3.68. The number of nitrogens with one attached hydrogen (secondary N) is 1. The molecule has 1 aliphatic heterocycles. The molecule has 1 aliphatic rings. The van der Waals surface area contributed by atoms with Crippen LogP contribution in [0.5, 0.6) is 5.75 Å². The van der Waals surface area contributed by atoms with Crippen LogP contribution in [0.4, 0.5) is 9.52 Å². The van der Waals surface area contributed by atoms with Gasteiger partial charge in [-0.1, -0.05) is 18.2 Å². The van der Waals surface area contributed by atoms with Gasteiger partial charge in [-0.2, -0.15) is 0 Å². The van der Waals surface area contributed by atoms with Crippen LogP contribution in [0.25, 0.3) is 11.3 Å². The van der Waals surface area contributed by atoms with Crippen molar-refractivity contribution in [1.82, 2.24) is 4.98 Å². The Balaban J connectivity index is 1.48. The predicted molar refractivity (Wildman–Crippen MR) is 102 cm³/mol. The Hall–Kier alpha value is -3.26. The first kappa shape index (κ1) is 18.1. The Morgan fingerprint density at radius 2 is 2.14 bits per heavy atom. The number of hydrogen-bond acceptors (Lipinski definition) is 6. The minimum Gasteiger partial charge on any atom is -0.494 e. The van der Waals surface area contributed by atoms with Crippen molar-refractivity contribution in [2.75, 3.05) is 12.4 Å². The number of fused-ring (bicyclic) bond motifs is 1. The van der Waals surface area contributed by atoms with Crippen molar-refractivity contribution in [3.63, 3.8) is 0 Å². The molecule has 1 aromatic heterocycles. The Morgan fingerprint density at radius 3 is 2.93 bits per heavy atom. The van der Waals surface area contributed by atoms with Gasteiger partial charge in [-0.05, 0) is 29.8 Å². The lowest BCUT2D eigenvalue weighted by atomic mass is 9.98. The first-order chi connectivity index (χ1) is 13.5. The number of ether oxygens (including phenoxy) is 2. The number of anilines is 1. The second kappa shape index (κ2) is 7.40. The second-order valence-corrected chi connectivity index (χ2v) is 6.99. The van der Waals surface area contributed by atoms with Crippen LogP contribution in [-0.4, -0.2) is 30.1 Å². The quantitative estimate of drug-likeness (QED) is 0.679. The molecule has 0 radical (unpaired) electrons. The number of benzene rings is 2. The minimum atomic E-state index is -0.923. The van der Waals surface area contributed by atoms with E-state index in [-0.39, 0.29) is 5.75 Å². The van der Waals surface area contributed by atoms with Gasteiger partial charge in [0.05, 0.1) is 18.4 Å². The summed E-state index contributed by atoms with van der Waals surface area (Å²) in [6, 6.07) is 11.6. The maximum Gasteiger partial charge on any atom is 0.339 e. The number of carbonyl (C=O) groups excluding carboxylic acids is 2. The summed E-state index contributed by atoms with van der Waals surface area (Å²) in [7, 11) is 1.39. The average Bonchev–Trinajstić information content (AvgIpc) is 3.16. The van der Waals surface area contributed by atoms with Crippen LogP contribution in [0.3, 0.4) is 0 Å². The summed E-state index contributed by atoms with van der Waals surface area (Å²) in [4.78, 5) is 28.9. The molecule has 0 saturated heterocycles. The Morgan fingerprint density at radius 1 is 1.32 bits per heavy atom. The Labute approximate surface area is 163 Å². The number of carbonyl (C=O) groups is 2. The molecule has 28 heavy (non-hydrogen) atoms. The molecule has 0 unspecified atom stereocenters. The smallest absolute Gasteiger partial charge is 0.339 e. The van der Waals surface area contributed by atoms with Crippen LogP contribution in [0.1, 0.15) is 15.9 Å². The predicted octanol–water partition coefficient (Wildman–Crippen LogP) is 3.68. The number of amides is 1. The summed E-state index contributed by atoms with van der Waals surface area (Å²) >= 11 is 1.20. The first-order valence-corrected chi connectivity index (χ1v) is 9.32. The Bertz CT molecular complexity index is 1070. The van der Waals surface area contributed by atoms with Gasteiger partial charge in [-0.15, -0.1) is 11.3 Å². The molecule has 3 aromatic rings. The maximum atomic E-state index is 13.9.